The highest BCUT2D eigenvalue weighted by molar-refractivity contribution is 9.10. The second kappa shape index (κ2) is 8.45. The number of fused-ring (bicyclic) bond motifs is 1. The molecule has 6 nitrogen and oxygen atoms in total. The van der Waals surface area contributed by atoms with Crippen molar-refractivity contribution in [2.24, 2.45) is 0 Å². The molecule has 2 aromatic rings. The summed E-state index contributed by atoms with van der Waals surface area (Å²) in [4.78, 5) is 40.7. The number of thioether (sulfide) groups is 1. The van der Waals surface area contributed by atoms with Crippen LogP contribution in [0.2, 0.25) is 5.02 Å². The van der Waals surface area contributed by atoms with Gasteiger partial charge in [-0.3, -0.25) is 19.3 Å². The van der Waals surface area contributed by atoms with Crippen molar-refractivity contribution in [1.82, 2.24) is 9.80 Å². The lowest BCUT2D eigenvalue weighted by Gasteiger charge is -2.29. The SMILES string of the molecule is O=C(CN1C(=O)S/C(=C\c2cc(Cl)c(O)c(Br)c2)C1=O)N1CCc2ccccc2C1. The number of halogens is 2. The molecule has 0 bridgehead atoms. The molecule has 2 aliphatic heterocycles. The first kappa shape index (κ1) is 21.0. The summed E-state index contributed by atoms with van der Waals surface area (Å²) in [5.74, 6) is -0.879. The molecule has 1 saturated heterocycles. The van der Waals surface area contributed by atoms with Gasteiger partial charge in [-0.15, -0.1) is 0 Å². The predicted molar refractivity (Wildman–Crippen MR) is 119 cm³/mol. The number of hydrogen-bond donors (Lipinski definition) is 1. The minimum absolute atomic E-state index is 0.101. The number of hydrogen-bond acceptors (Lipinski definition) is 5. The molecule has 30 heavy (non-hydrogen) atoms. The number of amides is 3. The zero-order valence-corrected chi connectivity index (χ0v) is 18.8. The highest BCUT2D eigenvalue weighted by Crippen LogP contribution is 2.36. The van der Waals surface area contributed by atoms with Crippen LogP contribution in [0.5, 0.6) is 5.75 Å². The van der Waals surface area contributed by atoms with Crippen molar-refractivity contribution in [3.63, 3.8) is 0 Å². The molecular weight excluding hydrogens is 492 g/mol. The lowest BCUT2D eigenvalue weighted by Crippen LogP contribution is -2.44. The average molecular weight is 508 g/mol. The van der Waals surface area contributed by atoms with Crippen molar-refractivity contribution in [2.75, 3.05) is 13.1 Å². The van der Waals surface area contributed by atoms with E-state index >= 15 is 0 Å². The van der Waals surface area contributed by atoms with Gasteiger partial charge in [-0.05, 0) is 69.0 Å². The van der Waals surface area contributed by atoms with E-state index in [0.29, 0.717) is 23.1 Å². The van der Waals surface area contributed by atoms with Crippen LogP contribution in [0.25, 0.3) is 6.08 Å². The summed E-state index contributed by atoms with van der Waals surface area (Å²) in [7, 11) is 0. The summed E-state index contributed by atoms with van der Waals surface area (Å²) in [6.07, 6.45) is 2.27. The zero-order chi connectivity index (χ0) is 21.4. The fraction of sp³-hybridized carbons (Fsp3) is 0.190. The number of phenolic OH excluding ortho intramolecular Hbond substituents is 1. The van der Waals surface area contributed by atoms with E-state index in [4.69, 9.17) is 11.6 Å². The van der Waals surface area contributed by atoms with Gasteiger partial charge in [-0.2, -0.15) is 0 Å². The summed E-state index contributed by atoms with van der Waals surface area (Å²) in [6.45, 7) is 0.743. The Bertz CT molecular complexity index is 1080. The molecule has 2 aromatic carbocycles. The van der Waals surface area contributed by atoms with Gasteiger partial charge in [0.2, 0.25) is 5.91 Å². The fourth-order valence-electron chi connectivity index (χ4n) is 3.40. The van der Waals surface area contributed by atoms with Crippen molar-refractivity contribution in [1.29, 1.82) is 0 Å². The molecule has 154 valence electrons. The lowest BCUT2D eigenvalue weighted by atomic mass is 10.00. The Morgan fingerprint density at radius 2 is 1.97 bits per heavy atom. The minimum atomic E-state index is -0.518. The number of rotatable bonds is 3. The first-order valence-electron chi connectivity index (χ1n) is 9.11. The molecule has 4 rings (SSSR count). The smallest absolute Gasteiger partial charge is 0.294 e. The van der Waals surface area contributed by atoms with Crippen LogP contribution in [0.3, 0.4) is 0 Å². The van der Waals surface area contributed by atoms with Crippen LogP contribution in [-0.4, -0.2) is 45.0 Å². The fourth-order valence-corrected chi connectivity index (χ4v) is 5.06. The van der Waals surface area contributed by atoms with Crippen molar-refractivity contribution in [3.05, 3.63) is 67.5 Å². The number of imide groups is 1. The minimum Gasteiger partial charge on any atom is -0.505 e. The van der Waals surface area contributed by atoms with E-state index in [1.54, 1.807) is 11.0 Å². The molecule has 3 amide bonds. The maximum absolute atomic E-state index is 12.7. The first-order chi connectivity index (χ1) is 14.3. The van der Waals surface area contributed by atoms with Gasteiger partial charge in [0.05, 0.1) is 14.4 Å². The summed E-state index contributed by atoms with van der Waals surface area (Å²) < 4.78 is 0.376. The van der Waals surface area contributed by atoms with E-state index in [0.717, 1.165) is 28.6 Å². The van der Waals surface area contributed by atoms with Gasteiger partial charge < -0.3 is 10.0 Å². The Balaban J connectivity index is 1.48. The Labute approximate surface area is 190 Å². The van der Waals surface area contributed by atoms with Gasteiger partial charge >= 0.3 is 0 Å². The van der Waals surface area contributed by atoms with E-state index in [2.05, 4.69) is 15.9 Å². The van der Waals surface area contributed by atoms with E-state index in [1.165, 1.54) is 17.7 Å². The lowest BCUT2D eigenvalue weighted by molar-refractivity contribution is -0.136. The largest absolute Gasteiger partial charge is 0.505 e. The second-order valence-corrected chi connectivity index (χ2v) is 9.19. The molecule has 0 aliphatic carbocycles. The van der Waals surface area contributed by atoms with Crippen LogP contribution in [0, 0.1) is 0 Å². The van der Waals surface area contributed by atoms with Crippen molar-refractivity contribution in [2.45, 2.75) is 13.0 Å². The highest BCUT2D eigenvalue weighted by atomic mass is 79.9. The van der Waals surface area contributed by atoms with Gasteiger partial charge in [-0.1, -0.05) is 35.9 Å². The Morgan fingerprint density at radius 1 is 1.23 bits per heavy atom. The number of nitrogens with zero attached hydrogens (tertiary/aromatic N) is 2. The molecular formula is C21H16BrClN2O4S. The van der Waals surface area contributed by atoms with Crippen LogP contribution < -0.4 is 0 Å². The number of carbonyl (C=O) groups excluding carboxylic acids is 3. The molecule has 0 atom stereocenters. The molecule has 0 spiro atoms. The third kappa shape index (κ3) is 4.12. The molecule has 2 heterocycles. The van der Waals surface area contributed by atoms with E-state index in [-0.39, 0.29) is 28.1 Å². The number of phenols is 1. The van der Waals surface area contributed by atoms with Crippen LogP contribution in [0.15, 0.2) is 45.8 Å². The summed E-state index contributed by atoms with van der Waals surface area (Å²) in [5.41, 5.74) is 2.85. The third-order valence-electron chi connectivity index (χ3n) is 4.99. The molecule has 0 aromatic heterocycles. The molecule has 0 saturated carbocycles. The Hall–Kier alpha value is -2.29. The maximum atomic E-state index is 12.7. The van der Waals surface area contributed by atoms with Crippen LogP contribution in [-0.2, 0) is 22.6 Å². The Kier molecular flexibility index (Phi) is 5.90. The second-order valence-electron chi connectivity index (χ2n) is 6.94. The summed E-state index contributed by atoms with van der Waals surface area (Å²) in [6, 6.07) is 11.0. The molecule has 9 heteroatoms. The molecule has 0 radical (unpaired) electrons. The monoisotopic (exact) mass is 506 g/mol. The van der Waals surface area contributed by atoms with Gasteiger partial charge in [-0.25, -0.2) is 0 Å². The van der Waals surface area contributed by atoms with E-state index in [1.807, 2.05) is 24.3 Å². The summed E-state index contributed by atoms with van der Waals surface area (Å²) >= 11 is 9.93. The quantitative estimate of drug-likeness (QED) is 0.622. The van der Waals surface area contributed by atoms with Crippen molar-refractivity contribution in [3.8, 4) is 5.75 Å². The standard InChI is InChI=1S/C21H16BrClN2O4S/c22-15-7-12(8-16(23)19(15)27)9-17-20(28)25(21(29)30-17)11-18(26)24-6-5-13-3-1-2-4-14(13)10-24/h1-4,7-9,27H,5-6,10-11H2/b17-9-. The van der Waals surface area contributed by atoms with Crippen molar-refractivity contribution < 1.29 is 19.5 Å². The third-order valence-corrected chi connectivity index (χ3v) is 6.79. The van der Waals surface area contributed by atoms with Gasteiger partial charge in [0.25, 0.3) is 11.1 Å². The van der Waals surface area contributed by atoms with Gasteiger partial charge in [0.15, 0.2) is 0 Å². The maximum Gasteiger partial charge on any atom is 0.294 e. The first-order valence-corrected chi connectivity index (χ1v) is 11.1. The van der Waals surface area contributed by atoms with E-state index in [9.17, 15) is 19.5 Å². The number of aromatic hydroxyl groups is 1. The van der Waals surface area contributed by atoms with Crippen LogP contribution in [0.4, 0.5) is 4.79 Å². The topological polar surface area (TPSA) is 77.9 Å². The molecule has 2 aliphatic rings. The van der Waals surface area contributed by atoms with Crippen LogP contribution >= 0.6 is 39.3 Å². The normalized spacial score (nSPS) is 17.6. The molecule has 1 fully saturated rings. The Morgan fingerprint density at radius 3 is 2.70 bits per heavy atom. The summed E-state index contributed by atoms with van der Waals surface area (Å²) in [5, 5.41) is 9.37. The predicted octanol–water partition coefficient (Wildman–Crippen LogP) is 4.43. The van der Waals surface area contributed by atoms with E-state index < -0.39 is 11.1 Å². The molecule has 0 unspecified atom stereocenters. The van der Waals surface area contributed by atoms with Crippen LogP contribution in [0.1, 0.15) is 16.7 Å². The zero-order valence-electron chi connectivity index (χ0n) is 15.6. The average Bonchev–Trinajstić information content (AvgIpc) is 2.98. The van der Waals surface area contributed by atoms with Gasteiger partial charge in [0.1, 0.15) is 12.3 Å². The number of carbonyl (C=O) groups is 3. The van der Waals surface area contributed by atoms with Crippen molar-refractivity contribution >= 4 is 62.4 Å². The number of benzene rings is 2. The highest BCUT2D eigenvalue weighted by Gasteiger charge is 2.37. The molecule has 1 N–H and O–H groups in total. The van der Waals surface area contributed by atoms with Gasteiger partial charge in [0, 0.05) is 13.1 Å².